The lowest BCUT2D eigenvalue weighted by Crippen LogP contribution is -2.51. The van der Waals surface area contributed by atoms with Gasteiger partial charge in [-0.05, 0) is 25.0 Å². The van der Waals surface area contributed by atoms with Crippen LogP contribution in [0.2, 0.25) is 0 Å². The summed E-state index contributed by atoms with van der Waals surface area (Å²) < 4.78 is 6.59. The highest BCUT2D eigenvalue weighted by atomic mass is 32.2. The minimum Gasteiger partial charge on any atom is -0.496 e. The maximum absolute atomic E-state index is 12.7. The molecule has 1 spiro atoms. The van der Waals surface area contributed by atoms with E-state index in [1.54, 1.807) is 19.2 Å². The zero-order chi connectivity index (χ0) is 22.0. The summed E-state index contributed by atoms with van der Waals surface area (Å²) >= 11 is 1.04. The summed E-state index contributed by atoms with van der Waals surface area (Å²) in [5, 5.41) is 11.9. The second-order valence-corrected chi connectivity index (χ2v) is 8.36. The summed E-state index contributed by atoms with van der Waals surface area (Å²) in [4.78, 5) is 37.4. The molecular weight excluding hydrogens is 422 g/mol. The van der Waals surface area contributed by atoms with Gasteiger partial charge in [-0.25, -0.2) is 9.47 Å². The first kappa shape index (κ1) is 21.0. The summed E-state index contributed by atoms with van der Waals surface area (Å²) in [6.45, 7) is 0. The number of urea groups is 1. The standard InChI is InChI=1S/C19H23N7O4S/c1-30-13-8-4-3-7-12(13)15-22-23-18(25(15)20)31-11-14(27)24-26-16(28)19(21-17(26)29)9-5-2-6-10-19/h3-4,7-8H,2,5-6,9-11,20H2,1H3,(H,21,29)(H,24,27). The number of imide groups is 1. The molecule has 1 aliphatic carbocycles. The zero-order valence-electron chi connectivity index (χ0n) is 17.0. The lowest BCUT2D eigenvalue weighted by molar-refractivity contribution is -0.139. The molecule has 0 bridgehead atoms. The van der Waals surface area contributed by atoms with Crippen LogP contribution in [-0.4, -0.2) is 56.1 Å². The molecule has 4 N–H and O–H groups in total. The van der Waals surface area contributed by atoms with Crippen molar-refractivity contribution in [2.75, 3.05) is 18.7 Å². The number of hydrogen-bond donors (Lipinski definition) is 3. The number of carbonyl (C=O) groups is 3. The number of thioether (sulfide) groups is 1. The molecule has 2 aliphatic rings. The van der Waals surface area contributed by atoms with Crippen LogP contribution >= 0.6 is 11.8 Å². The van der Waals surface area contributed by atoms with Crippen molar-refractivity contribution in [2.24, 2.45) is 0 Å². The highest BCUT2D eigenvalue weighted by Crippen LogP contribution is 2.33. The van der Waals surface area contributed by atoms with Gasteiger partial charge in [0.25, 0.3) is 5.91 Å². The Morgan fingerprint density at radius 1 is 1.26 bits per heavy atom. The van der Waals surface area contributed by atoms with E-state index in [9.17, 15) is 14.4 Å². The molecule has 1 aliphatic heterocycles. The van der Waals surface area contributed by atoms with E-state index in [-0.39, 0.29) is 5.75 Å². The van der Waals surface area contributed by atoms with E-state index in [2.05, 4.69) is 20.9 Å². The van der Waals surface area contributed by atoms with Gasteiger partial charge in [-0.15, -0.1) is 10.2 Å². The van der Waals surface area contributed by atoms with Crippen LogP contribution in [0.1, 0.15) is 32.1 Å². The molecule has 1 aromatic carbocycles. The van der Waals surface area contributed by atoms with Crippen LogP contribution in [0.5, 0.6) is 5.75 Å². The summed E-state index contributed by atoms with van der Waals surface area (Å²) in [7, 11) is 1.54. The number of ether oxygens (including phenoxy) is 1. The largest absolute Gasteiger partial charge is 0.496 e. The van der Waals surface area contributed by atoms with Gasteiger partial charge in [-0.2, -0.15) is 5.01 Å². The molecule has 0 unspecified atom stereocenters. The highest BCUT2D eigenvalue weighted by Gasteiger charge is 2.52. The Morgan fingerprint density at radius 2 is 2.00 bits per heavy atom. The fourth-order valence-corrected chi connectivity index (χ4v) is 4.54. The SMILES string of the molecule is COc1ccccc1-c1nnc(SCC(=O)NN2C(=O)NC3(CCCCC3)C2=O)n1N. The molecule has 1 saturated carbocycles. The molecule has 164 valence electrons. The topological polar surface area (TPSA) is 144 Å². The minimum absolute atomic E-state index is 0.106. The van der Waals surface area contributed by atoms with Crippen molar-refractivity contribution in [3.63, 3.8) is 0 Å². The number of methoxy groups -OCH3 is 1. The van der Waals surface area contributed by atoms with E-state index in [0.29, 0.717) is 35.1 Å². The summed E-state index contributed by atoms with van der Waals surface area (Å²) in [6.07, 6.45) is 3.93. The molecule has 12 heteroatoms. The van der Waals surface area contributed by atoms with Gasteiger partial charge < -0.3 is 15.9 Å². The normalized spacial score (nSPS) is 17.6. The molecule has 11 nitrogen and oxygen atoms in total. The summed E-state index contributed by atoms with van der Waals surface area (Å²) in [6, 6.07) is 6.62. The molecule has 0 atom stereocenters. The van der Waals surface area contributed by atoms with Crippen molar-refractivity contribution < 1.29 is 19.1 Å². The maximum Gasteiger partial charge on any atom is 0.344 e. The van der Waals surface area contributed by atoms with E-state index in [1.807, 2.05) is 12.1 Å². The van der Waals surface area contributed by atoms with Crippen LogP contribution in [0.3, 0.4) is 0 Å². The Kier molecular flexibility index (Phi) is 5.72. The van der Waals surface area contributed by atoms with Gasteiger partial charge in [0, 0.05) is 0 Å². The molecule has 1 saturated heterocycles. The van der Waals surface area contributed by atoms with Gasteiger partial charge >= 0.3 is 6.03 Å². The number of hydrazine groups is 1. The molecule has 2 fully saturated rings. The number of rotatable bonds is 6. The predicted octanol–water partition coefficient (Wildman–Crippen LogP) is 1.05. The van der Waals surface area contributed by atoms with Crippen LogP contribution in [-0.2, 0) is 9.59 Å². The van der Waals surface area contributed by atoms with Crippen LogP contribution < -0.4 is 21.3 Å². The van der Waals surface area contributed by atoms with Crippen LogP contribution in [0.4, 0.5) is 4.79 Å². The van der Waals surface area contributed by atoms with Crippen molar-refractivity contribution in [1.29, 1.82) is 0 Å². The monoisotopic (exact) mass is 445 g/mol. The van der Waals surface area contributed by atoms with Crippen molar-refractivity contribution >= 4 is 29.6 Å². The van der Waals surface area contributed by atoms with Gasteiger partial charge in [0.2, 0.25) is 11.1 Å². The number of benzene rings is 1. The second kappa shape index (κ2) is 8.46. The molecule has 4 amide bonds. The maximum atomic E-state index is 12.7. The smallest absolute Gasteiger partial charge is 0.344 e. The third-order valence-electron chi connectivity index (χ3n) is 5.45. The summed E-state index contributed by atoms with van der Waals surface area (Å²) in [5.74, 6) is 6.04. The predicted molar refractivity (Wildman–Crippen MR) is 112 cm³/mol. The Hall–Kier alpha value is -3.28. The van der Waals surface area contributed by atoms with Crippen molar-refractivity contribution in [3.8, 4) is 17.1 Å². The Bertz CT molecular complexity index is 1020. The molecule has 2 aromatic rings. The van der Waals surface area contributed by atoms with Gasteiger partial charge in [0.1, 0.15) is 11.3 Å². The number of nitrogens with zero attached hydrogens (tertiary/aromatic N) is 4. The lowest BCUT2D eigenvalue weighted by atomic mass is 9.82. The first-order valence-electron chi connectivity index (χ1n) is 9.88. The minimum atomic E-state index is -0.892. The van der Waals surface area contributed by atoms with Crippen molar-refractivity contribution in [3.05, 3.63) is 24.3 Å². The van der Waals surface area contributed by atoms with E-state index < -0.39 is 23.4 Å². The number of nitrogen functional groups attached to an aromatic ring is 1. The molecule has 4 rings (SSSR count). The molecule has 0 radical (unpaired) electrons. The van der Waals surface area contributed by atoms with Crippen LogP contribution in [0.15, 0.2) is 29.4 Å². The van der Waals surface area contributed by atoms with E-state index in [4.69, 9.17) is 10.6 Å². The number of para-hydroxylation sites is 1. The quantitative estimate of drug-likeness (QED) is 0.340. The van der Waals surface area contributed by atoms with Gasteiger partial charge in [-0.1, -0.05) is 43.2 Å². The number of nitrogens with one attached hydrogen (secondary N) is 2. The number of aromatic nitrogens is 3. The second-order valence-electron chi connectivity index (χ2n) is 7.41. The average molecular weight is 446 g/mol. The first-order chi connectivity index (χ1) is 14.9. The molecular formula is C19H23N7O4S. The Labute approximate surface area is 182 Å². The Morgan fingerprint density at radius 3 is 2.74 bits per heavy atom. The number of carbonyl (C=O) groups excluding carboxylic acids is 3. The number of amides is 4. The lowest BCUT2D eigenvalue weighted by Gasteiger charge is -2.30. The van der Waals surface area contributed by atoms with Crippen molar-refractivity contribution in [1.82, 2.24) is 30.6 Å². The summed E-state index contributed by atoms with van der Waals surface area (Å²) in [5.41, 5.74) is 2.16. The zero-order valence-corrected chi connectivity index (χ0v) is 17.8. The van der Waals surface area contributed by atoms with Gasteiger partial charge in [0.15, 0.2) is 5.82 Å². The van der Waals surface area contributed by atoms with Gasteiger partial charge in [0.05, 0.1) is 18.4 Å². The van der Waals surface area contributed by atoms with Crippen LogP contribution in [0, 0.1) is 0 Å². The third-order valence-corrected chi connectivity index (χ3v) is 6.39. The van der Waals surface area contributed by atoms with Crippen LogP contribution in [0.25, 0.3) is 11.4 Å². The fourth-order valence-electron chi connectivity index (χ4n) is 3.89. The number of hydrogen-bond acceptors (Lipinski definition) is 8. The highest BCUT2D eigenvalue weighted by molar-refractivity contribution is 7.99. The fraction of sp³-hybridized carbons (Fsp3) is 0.421. The number of nitrogens with two attached hydrogens (primary N) is 1. The van der Waals surface area contributed by atoms with Gasteiger partial charge in [-0.3, -0.25) is 15.0 Å². The Balaban J connectivity index is 1.39. The first-order valence-corrected chi connectivity index (χ1v) is 10.9. The van der Waals surface area contributed by atoms with E-state index >= 15 is 0 Å². The molecule has 2 heterocycles. The third kappa shape index (κ3) is 3.90. The van der Waals surface area contributed by atoms with E-state index in [1.165, 1.54) is 4.68 Å². The molecule has 31 heavy (non-hydrogen) atoms. The average Bonchev–Trinajstić information content (AvgIpc) is 3.25. The van der Waals surface area contributed by atoms with E-state index in [0.717, 1.165) is 36.0 Å². The molecule has 1 aromatic heterocycles. The van der Waals surface area contributed by atoms with Crippen molar-refractivity contribution in [2.45, 2.75) is 42.8 Å².